The number of carboxylic acid groups (broad SMARTS) is 1. The van der Waals surface area contributed by atoms with Crippen LogP contribution in [0, 0.1) is 0 Å². The number of hydrogen-bond acceptors (Lipinski definition) is 5. The highest BCUT2D eigenvalue weighted by Crippen LogP contribution is 2.31. The number of aliphatic carboxylic acids is 1. The second-order valence-electron chi connectivity index (χ2n) is 4.83. The Hall–Kier alpha value is -2.60. The third kappa shape index (κ3) is 2.60. The number of phenolic OH excluding ortho intramolecular Hbond substituents is 1. The number of rotatable bonds is 5. The molecule has 2 heterocycles. The predicted octanol–water partition coefficient (Wildman–Crippen LogP) is 3.45. The minimum Gasteiger partial charge on any atom is -0.508 e. The largest absolute Gasteiger partial charge is 0.508 e. The maximum atomic E-state index is 12.5. The molecule has 2 N–H and O–H groups in total. The molecular weight excluding hydrogens is 304 g/mol. The number of aromatic hydroxyl groups is 1. The van der Waals surface area contributed by atoms with Gasteiger partial charge in [0.25, 0.3) is 0 Å². The Balaban J connectivity index is 2.12. The minimum absolute atomic E-state index is 0.0283. The van der Waals surface area contributed by atoms with Crippen LogP contribution >= 0.6 is 11.3 Å². The third-order valence-electron chi connectivity index (χ3n) is 3.35. The highest BCUT2D eigenvalue weighted by Gasteiger charge is 2.22. The molecule has 112 valence electrons. The van der Waals surface area contributed by atoms with Crippen LogP contribution in [0.2, 0.25) is 0 Å². The van der Waals surface area contributed by atoms with E-state index in [2.05, 4.69) is 0 Å². The van der Waals surface area contributed by atoms with Crippen molar-refractivity contribution in [3.8, 4) is 5.75 Å². The normalized spacial score (nSPS) is 10.9. The monoisotopic (exact) mass is 316 g/mol. The van der Waals surface area contributed by atoms with Gasteiger partial charge in [-0.3, -0.25) is 9.59 Å². The van der Waals surface area contributed by atoms with Gasteiger partial charge in [-0.15, -0.1) is 0 Å². The average molecular weight is 316 g/mol. The Labute approximate surface area is 129 Å². The number of aryl methyl sites for hydroxylation is 1. The molecular formula is C16H12O5S. The number of ketones is 1. The maximum absolute atomic E-state index is 12.5. The molecule has 0 spiro atoms. The standard InChI is InChI=1S/C16H12O5S/c17-10-1-2-11-12(3-4-14(18)19)16(21-13(11)7-10)15(20)9-5-6-22-8-9/h1-2,5-8,17H,3-4H2,(H,18,19). The van der Waals surface area contributed by atoms with Crippen LogP contribution in [0.25, 0.3) is 11.0 Å². The molecule has 2 aromatic heterocycles. The molecule has 0 saturated carbocycles. The van der Waals surface area contributed by atoms with Crippen molar-refractivity contribution in [3.63, 3.8) is 0 Å². The van der Waals surface area contributed by atoms with Gasteiger partial charge in [-0.05, 0) is 30.0 Å². The molecule has 0 atom stereocenters. The lowest BCUT2D eigenvalue weighted by molar-refractivity contribution is -0.136. The second kappa shape index (κ2) is 5.65. The molecule has 0 aliphatic heterocycles. The van der Waals surface area contributed by atoms with Gasteiger partial charge in [0.1, 0.15) is 11.3 Å². The second-order valence-corrected chi connectivity index (χ2v) is 5.61. The van der Waals surface area contributed by atoms with E-state index in [4.69, 9.17) is 9.52 Å². The lowest BCUT2D eigenvalue weighted by atomic mass is 10.0. The predicted molar refractivity (Wildman–Crippen MR) is 81.6 cm³/mol. The molecule has 0 aliphatic carbocycles. The molecule has 3 rings (SSSR count). The highest BCUT2D eigenvalue weighted by atomic mass is 32.1. The van der Waals surface area contributed by atoms with Crippen LogP contribution in [0.3, 0.4) is 0 Å². The molecule has 0 aliphatic rings. The van der Waals surface area contributed by atoms with Gasteiger partial charge >= 0.3 is 5.97 Å². The smallest absolute Gasteiger partial charge is 0.303 e. The maximum Gasteiger partial charge on any atom is 0.303 e. The Bertz CT molecular complexity index is 845. The first-order chi connectivity index (χ1) is 10.6. The summed E-state index contributed by atoms with van der Waals surface area (Å²) in [5, 5.41) is 22.6. The van der Waals surface area contributed by atoms with Crippen LogP contribution in [0.4, 0.5) is 0 Å². The number of fused-ring (bicyclic) bond motifs is 1. The molecule has 0 bridgehead atoms. The SMILES string of the molecule is O=C(O)CCc1c(C(=O)c2ccsc2)oc2cc(O)ccc12. The van der Waals surface area contributed by atoms with E-state index in [1.165, 1.54) is 23.5 Å². The van der Waals surface area contributed by atoms with Crippen molar-refractivity contribution < 1.29 is 24.2 Å². The van der Waals surface area contributed by atoms with E-state index in [-0.39, 0.29) is 30.1 Å². The van der Waals surface area contributed by atoms with Crippen molar-refractivity contribution in [1.29, 1.82) is 0 Å². The van der Waals surface area contributed by atoms with E-state index in [1.54, 1.807) is 22.9 Å². The van der Waals surface area contributed by atoms with Gasteiger partial charge in [-0.1, -0.05) is 0 Å². The topological polar surface area (TPSA) is 87.7 Å². The summed E-state index contributed by atoms with van der Waals surface area (Å²) in [6.07, 6.45) is 0.0950. The van der Waals surface area contributed by atoms with E-state index in [1.807, 2.05) is 0 Å². The molecule has 0 radical (unpaired) electrons. The van der Waals surface area contributed by atoms with E-state index in [0.29, 0.717) is 22.1 Å². The van der Waals surface area contributed by atoms with Crippen LogP contribution in [-0.2, 0) is 11.2 Å². The fraction of sp³-hybridized carbons (Fsp3) is 0.125. The van der Waals surface area contributed by atoms with Gasteiger partial charge in [-0.2, -0.15) is 11.3 Å². The number of phenols is 1. The zero-order valence-corrected chi connectivity index (χ0v) is 12.2. The van der Waals surface area contributed by atoms with Crippen molar-refractivity contribution >= 4 is 34.1 Å². The number of benzene rings is 1. The quantitative estimate of drug-likeness (QED) is 0.704. The van der Waals surface area contributed by atoms with Gasteiger partial charge in [0.15, 0.2) is 5.76 Å². The van der Waals surface area contributed by atoms with E-state index in [9.17, 15) is 14.7 Å². The molecule has 0 saturated heterocycles. The van der Waals surface area contributed by atoms with Crippen LogP contribution in [-0.4, -0.2) is 22.0 Å². The summed E-state index contributed by atoms with van der Waals surface area (Å²) >= 11 is 1.40. The fourth-order valence-electron chi connectivity index (χ4n) is 2.33. The number of carbonyl (C=O) groups excluding carboxylic acids is 1. The van der Waals surface area contributed by atoms with E-state index >= 15 is 0 Å². The van der Waals surface area contributed by atoms with Gasteiger partial charge in [0.05, 0.1) is 0 Å². The Morgan fingerprint density at radius 2 is 2.05 bits per heavy atom. The van der Waals surface area contributed by atoms with Crippen molar-refractivity contribution in [2.75, 3.05) is 0 Å². The average Bonchev–Trinajstić information content (AvgIpc) is 3.11. The molecule has 0 amide bonds. The zero-order valence-electron chi connectivity index (χ0n) is 11.4. The number of furan rings is 1. The summed E-state index contributed by atoms with van der Waals surface area (Å²) < 4.78 is 5.60. The lowest BCUT2D eigenvalue weighted by Gasteiger charge is -2.00. The first-order valence-corrected chi connectivity index (χ1v) is 7.53. The van der Waals surface area contributed by atoms with Gasteiger partial charge in [0, 0.05) is 34.4 Å². The van der Waals surface area contributed by atoms with E-state index < -0.39 is 5.97 Å². The van der Waals surface area contributed by atoms with Gasteiger partial charge < -0.3 is 14.6 Å². The van der Waals surface area contributed by atoms with E-state index in [0.717, 1.165) is 0 Å². The first kappa shape index (κ1) is 14.3. The zero-order chi connectivity index (χ0) is 15.7. The first-order valence-electron chi connectivity index (χ1n) is 6.59. The number of thiophene rings is 1. The molecule has 0 unspecified atom stereocenters. The van der Waals surface area contributed by atoms with Crippen LogP contribution in [0.1, 0.15) is 28.1 Å². The summed E-state index contributed by atoms with van der Waals surface area (Å²) in [4.78, 5) is 23.4. The van der Waals surface area contributed by atoms with Crippen LogP contribution in [0.15, 0.2) is 39.4 Å². The van der Waals surface area contributed by atoms with Crippen molar-refractivity contribution in [2.24, 2.45) is 0 Å². The molecule has 0 fully saturated rings. The van der Waals surface area contributed by atoms with Gasteiger partial charge in [0.2, 0.25) is 5.78 Å². The summed E-state index contributed by atoms with van der Waals surface area (Å²) in [6.45, 7) is 0. The number of carboxylic acids is 1. The Kier molecular flexibility index (Phi) is 3.68. The van der Waals surface area contributed by atoms with Crippen molar-refractivity contribution in [2.45, 2.75) is 12.8 Å². The lowest BCUT2D eigenvalue weighted by Crippen LogP contribution is -2.04. The number of carbonyl (C=O) groups is 2. The van der Waals surface area contributed by atoms with Gasteiger partial charge in [-0.25, -0.2) is 0 Å². The Morgan fingerprint density at radius 3 is 2.73 bits per heavy atom. The van der Waals surface area contributed by atoms with Crippen molar-refractivity contribution in [1.82, 2.24) is 0 Å². The highest BCUT2D eigenvalue weighted by molar-refractivity contribution is 7.08. The minimum atomic E-state index is -0.943. The van der Waals surface area contributed by atoms with Crippen LogP contribution in [0.5, 0.6) is 5.75 Å². The van der Waals surface area contributed by atoms with Crippen LogP contribution < -0.4 is 0 Å². The fourth-order valence-corrected chi connectivity index (χ4v) is 2.96. The summed E-state index contributed by atoms with van der Waals surface area (Å²) in [7, 11) is 0. The molecule has 3 aromatic rings. The van der Waals surface area contributed by atoms with Crippen molar-refractivity contribution in [3.05, 3.63) is 51.9 Å². The summed E-state index contributed by atoms with van der Waals surface area (Å²) in [6, 6.07) is 6.24. The molecule has 22 heavy (non-hydrogen) atoms. The number of hydrogen-bond donors (Lipinski definition) is 2. The Morgan fingerprint density at radius 1 is 1.23 bits per heavy atom. The molecule has 6 heteroatoms. The molecule has 1 aromatic carbocycles. The molecule has 5 nitrogen and oxygen atoms in total. The summed E-state index contributed by atoms with van der Waals surface area (Å²) in [5.41, 5.74) is 1.44. The summed E-state index contributed by atoms with van der Waals surface area (Å²) in [5.74, 6) is -1.06. The third-order valence-corrected chi connectivity index (χ3v) is 4.04.